The van der Waals surface area contributed by atoms with Crippen molar-refractivity contribution in [2.24, 2.45) is 0 Å². The van der Waals surface area contributed by atoms with E-state index >= 15 is 0 Å². The molecule has 0 aliphatic heterocycles. The molecular weight excluding hydrogens is 763 g/mol. The first-order valence-corrected chi connectivity index (χ1v) is 22.5. The van der Waals surface area contributed by atoms with Crippen LogP contribution in [0.15, 0.2) is 176 Å². The van der Waals surface area contributed by atoms with Gasteiger partial charge in [-0.3, -0.25) is 4.79 Å². The molecule has 0 unspecified atom stereocenters. The number of carbonyl (C=O) groups excluding carboxylic acids is 1. The maximum absolute atomic E-state index is 11.5. The first kappa shape index (κ1) is 38.5. The highest BCUT2D eigenvalue weighted by Gasteiger charge is 2.41. The van der Waals surface area contributed by atoms with Gasteiger partial charge in [-0.1, -0.05) is 112 Å². The lowest BCUT2D eigenvalue weighted by Crippen LogP contribution is -2.24. The van der Waals surface area contributed by atoms with Gasteiger partial charge in [0.05, 0.1) is 10.4 Å². The number of nitrogens with zero attached hydrogens (tertiary/aromatic N) is 3. The molecule has 0 spiro atoms. The van der Waals surface area contributed by atoms with E-state index in [1.54, 1.807) is 11.3 Å². The molecule has 7 aromatic carbocycles. The molecule has 2 heterocycles. The molecule has 5 heteroatoms. The van der Waals surface area contributed by atoms with Crippen LogP contribution in [0.2, 0.25) is 0 Å². The number of carbonyl (C=O) groups is 1. The fourth-order valence-corrected chi connectivity index (χ4v) is 10.7. The number of anilines is 6. The number of hydrogen-bond donors (Lipinski definition) is 0. The van der Waals surface area contributed by atoms with Crippen LogP contribution in [0.3, 0.4) is 0 Å². The molecule has 0 amide bonds. The number of hydrogen-bond acceptors (Lipinski definition) is 4. The van der Waals surface area contributed by atoms with E-state index in [0.29, 0.717) is 0 Å². The summed E-state index contributed by atoms with van der Waals surface area (Å²) >= 11 is 1.55. The number of thiophene rings is 1. The highest BCUT2D eigenvalue weighted by atomic mass is 32.1. The zero-order chi connectivity index (χ0) is 41.5. The Balaban J connectivity index is 1.11. The van der Waals surface area contributed by atoms with Crippen LogP contribution in [-0.4, -0.2) is 10.9 Å². The van der Waals surface area contributed by atoms with Gasteiger partial charge in [-0.25, -0.2) is 0 Å². The maximum Gasteiger partial charge on any atom is 0.160 e. The predicted octanol–water partition coefficient (Wildman–Crippen LogP) is 16.2. The second-order valence-corrected chi connectivity index (χ2v) is 17.3. The molecule has 1 aliphatic carbocycles. The summed E-state index contributed by atoms with van der Waals surface area (Å²) in [5.74, 6) is 0. The minimum Gasteiger partial charge on any atom is -0.340 e. The molecular formula is C56H49N3OS. The highest BCUT2D eigenvalue weighted by Crippen LogP contribution is 2.55. The minimum atomic E-state index is -0.151. The standard InChI is InChI=1S/C56H49N3OS/c1-4-7-33-57-53-34-39(55-32-27-46(38-60)61-55)23-28-49(53)50-31-26-45(37-54(50)57)59(42-21-15-10-16-22-42)44-25-30-48-47-29-24-43(35-51(47)56(5-2,6-3)52(48)36-44)58(40-17-11-8-12-18-40)41-19-13-9-14-20-41/h8-32,34-38H,4-7,33H2,1-3H3. The average molecular weight is 812 g/mol. The maximum atomic E-state index is 11.5. The molecule has 0 fully saturated rings. The summed E-state index contributed by atoms with van der Waals surface area (Å²) in [7, 11) is 0. The molecule has 0 saturated carbocycles. The van der Waals surface area contributed by atoms with Gasteiger partial charge >= 0.3 is 0 Å². The number of aryl methyl sites for hydroxylation is 1. The van der Waals surface area contributed by atoms with Gasteiger partial charge in [-0.2, -0.15) is 0 Å². The van der Waals surface area contributed by atoms with Crippen molar-refractivity contribution in [3.63, 3.8) is 0 Å². The van der Waals surface area contributed by atoms with Crippen molar-refractivity contribution in [1.29, 1.82) is 0 Å². The lowest BCUT2D eigenvalue weighted by molar-refractivity contribution is 0.112. The minimum absolute atomic E-state index is 0.151. The summed E-state index contributed by atoms with van der Waals surface area (Å²) in [6, 6.07) is 64.3. The number of fused-ring (bicyclic) bond motifs is 6. The number of unbranched alkanes of at least 4 members (excludes halogenated alkanes) is 1. The van der Waals surface area contributed by atoms with Crippen LogP contribution in [0.1, 0.15) is 67.3 Å². The van der Waals surface area contributed by atoms with Gasteiger partial charge in [0.15, 0.2) is 6.29 Å². The summed E-state index contributed by atoms with van der Waals surface area (Å²) in [6.45, 7) is 7.91. The van der Waals surface area contributed by atoms with Gasteiger partial charge in [0, 0.05) is 67.3 Å². The van der Waals surface area contributed by atoms with Gasteiger partial charge in [0.25, 0.3) is 0 Å². The summed E-state index contributed by atoms with van der Waals surface area (Å²) in [5.41, 5.74) is 15.8. The molecule has 0 N–H and O–H groups in total. The second-order valence-electron chi connectivity index (χ2n) is 16.2. The summed E-state index contributed by atoms with van der Waals surface area (Å²) in [5, 5.41) is 2.51. The fourth-order valence-electron chi connectivity index (χ4n) is 9.89. The Labute approximate surface area is 363 Å². The van der Waals surface area contributed by atoms with Crippen LogP contribution in [-0.2, 0) is 12.0 Å². The number of rotatable bonds is 13. The van der Waals surface area contributed by atoms with Gasteiger partial charge in [0.1, 0.15) is 0 Å². The van der Waals surface area contributed by atoms with Gasteiger partial charge in [0.2, 0.25) is 0 Å². The molecule has 10 rings (SSSR count). The van der Waals surface area contributed by atoms with E-state index in [1.165, 1.54) is 49.7 Å². The SMILES string of the molecule is CCCCn1c2cc(-c3ccc(C=O)s3)ccc2c2ccc(N(c3ccccc3)c3ccc4c(c3)C(CC)(CC)c3cc(N(c5ccccc5)c5ccccc5)ccc3-4)cc21. The van der Waals surface area contributed by atoms with Crippen LogP contribution < -0.4 is 9.80 Å². The molecule has 0 bridgehead atoms. The van der Waals surface area contributed by atoms with Crippen LogP contribution in [0.4, 0.5) is 34.1 Å². The van der Waals surface area contributed by atoms with Crippen molar-refractivity contribution in [2.75, 3.05) is 9.80 Å². The summed E-state index contributed by atoms with van der Waals surface area (Å²) < 4.78 is 2.52. The lowest BCUT2D eigenvalue weighted by Gasteiger charge is -2.33. The van der Waals surface area contributed by atoms with E-state index in [4.69, 9.17) is 0 Å². The van der Waals surface area contributed by atoms with E-state index in [2.05, 4.69) is 205 Å². The predicted molar refractivity (Wildman–Crippen MR) is 259 cm³/mol. The molecule has 1 aliphatic rings. The van der Waals surface area contributed by atoms with Gasteiger partial charge in [-0.15, -0.1) is 11.3 Å². The zero-order valence-electron chi connectivity index (χ0n) is 35.0. The van der Waals surface area contributed by atoms with Gasteiger partial charge < -0.3 is 14.4 Å². The van der Waals surface area contributed by atoms with E-state index < -0.39 is 0 Å². The molecule has 0 saturated heterocycles. The Bertz CT molecular complexity index is 2980. The summed E-state index contributed by atoms with van der Waals surface area (Å²) in [6.07, 6.45) is 5.12. The van der Waals surface area contributed by atoms with Crippen molar-refractivity contribution >= 4 is 73.6 Å². The first-order chi connectivity index (χ1) is 30.0. The number of aromatic nitrogens is 1. The topological polar surface area (TPSA) is 28.5 Å². The van der Waals surface area contributed by atoms with Gasteiger partial charge in [-0.05, 0) is 138 Å². The largest absolute Gasteiger partial charge is 0.340 e. The number of aldehydes is 1. The Kier molecular flexibility index (Phi) is 10.1. The third-order valence-corrected chi connectivity index (χ3v) is 14.0. The molecule has 4 nitrogen and oxygen atoms in total. The van der Waals surface area contributed by atoms with Crippen LogP contribution in [0, 0.1) is 0 Å². The van der Waals surface area contributed by atoms with Crippen molar-refractivity contribution in [3.8, 4) is 21.6 Å². The Morgan fingerprint density at radius 2 is 1.02 bits per heavy atom. The Hall–Kier alpha value is -6.69. The monoisotopic (exact) mass is 811 g/mol. The third-order valence-electron chi connectivity index (χ3n) is 13.0. The molecule has 300 valence electrons. The Morgan fingerprint density at radius 1 is 0.525 bits per heavy atom. The second kappa shape index (κ2) is 16.1. The van der Waals surface area contributed by atoms with Crippen molar-refractivity contribution in [2.45, 2.75) is 58.4 Å². The quantitative estimate of drug-likeness (QED) is 0.109. The smallest absolute Gasteiger partial charge is 0.160 e. The highest BCUT2D eigenvalue weighted by molar-refractivity contribution is 7.17. The van der Waals surface area contributed by atoms with E-state index in [0.717, 1.165) is 82.3 Å². The first-order valence-electron chi connectivity index (χ1n) is 21.7. The third kappa shape index (κ3) is 6.56. The molecule has 0 atom stereocenters. The van der Waals surface area contributed by atoms with Crippen molar-refractivity contribution in [3.05, 3.63) is 192 Å². The Morgan fingerprint density at radius 3 is 1.52 bits per heavy atom. The van der Waals surface area contributed by atoms with Crippen LogP contribution >= 0.6 is 11.3 Å². The summed E-state index contributed by atoms with van der Waals surface area (Å²) in [4.78, 5) is 18.2. The van der Waals surface area contributed by atoms with Crippen molar-refractivity contribution in [1.82, 2.24) is 4.57 Å². The van der Waals surface area contributed by atoms with Crippen molar-refractivity contribution < 1.29 is 4.79 Å². The molecule has 9 aromatic rings. The molecule has 61 heavy (non-hydrogen) atoms. The molecule has 0 radical (unpaired) electrons. The van der Waals surface area contributed by atoms with E-state index in [9.17, 15) is 4.79 Å². The molecule has 2 aromatic heterocycles. The van der Waals surface area contributed by atoms with E-state index in [-0.39, 0.29) is 5.41 Å². The normalized spacial score (nSPS) is 12.7. The van der Waals surface area contributed by atoms with Crippen LogP contribution in [0.25, 0.3) is 43.4 Å². The average Bonchev–Trinajstić information content (AvgIpc) is 4.00. The van der Waals surface area contributed by atoms with E-state index in [1.807, 2.05) is 6.07 Å². The number of para-hydroxylation sites is 3. The lowest BCUT2D eigenvalue weighted by atomic mass is 9.73. The van der Waals surface area contributed by atoms with Crippen LogP contribution in [0.5, 0.6) is 0 Å². The fraction of sp³-hybridized carbons (Fsp3) is 0.161. The number of benzene rings is 7. The zero-order valence-corrected chi connectivity index (χ0v) is 35.8.